The second kappa shape index (κ2) is 5.76. The van der Waals surface area contributed by atoms with Gasteiger partial charge in [0.25, 0.3) is 0 Å². The van der Waals surface area contributed by atoms with Crippen molar-refractivity contribution in [1.82, 2.24) is 0 Å². The van der Waals surface area contributed by atoms with E-state index in [4.69, 9.17) is 9.47 Å². The van der Waals surface area contributed by atoms with Crippen molar-refractivity contribution in [3.05, 3.63) is 23.8 Å². The third-order valence-corrected chi connectivity index (χ3v) is 4.29. The lowest BCUT2D eigenvalue weighted by molar-refractivity contribution is 0.389. The van der Waals surface area contributed by atoms with Crippen LogP contribution in [0.5, 0.6) is 11.5 Å². The molecule has 1 fully saturated rings. The fraction of sp³-hybridized carbons (Fsp3) is 0.571. The summed E-state index contributed by atoms with van der Waals surface area (Å²) in [5.41, 5.74) is 1.34. The predicted molar refractivity (Wildman–Crippen MR) is 73.5 cm³/mol. The Hall–Kier alpha value is -0.700. The first-order valence-corrected chi connectivity index (χ1v) is 7.01. The maximum atomic E-state index is 5.32. The van der Waals surface area contributed by atoms with Gasteiger partial charge in [-0.15, -0.1) is 0 Å². The van der Waals surface area contributed by atoms with Gasteiger partial charge in [-0.2, -0.15) is 0 Å². The normalized spacial score (nSPS) is 24.4. The average Bonchev–Trinajstić information content (AvgIpc) is 2.38. The van der Waals surface area contributed by atoms with E-state index >= 15 is 0 Å². The predicted octanol–water partition coefficient (Wildman–Crippen LogP) is 4.12. The molecule has 0 heterocycles. The molecule has 0 bridgehead atoms. The Morgan fingerprint density at radius 3 is 2.24 bits per heavy atom. The molecule has 94 valence electrons. The van der Waals surface area contributed by atoms with Gasteiger partial charge in [-0.05, 0) is 42.9 Å². The van der Waals surface area contributed by atoms with Gasteiger partial charge < -0.3 is 9.47 Å². The molecule has 1 aromatic rings. The number of halogens is 1. The average molecular weight is 299 g/mol. The molecule has 1 aromatic carbocycles. The molecule has 1 saturated carbocycles. The minimum Gasteiger partial charge on any atom is -0.497 e. The summed E-state index contributed by atoms with van der Waals surface area (Å²) in [4.78, 5) is 0.651. The summed E-state index contributed by atoms with van der Waals surface area (Å²) in [5.74, 6) is 2.39. The van der Waals surface area contributed by atoms with Crippen molar-refractivity contribution < 1.29 is 9.47 Å². The van der Waals surface area contributed by atoms with Gasteiger partial charge in [-0.1, -0.05) is 22.4 Å². The van der Waals surface area contributed by atoms with Crippen molar-refractivity contribution in [3.63, 3.8) is 0 Å². The van der Waals surface area contributed by atoms with Crippen LogP contribution in [0, 0.1) is 0 Å². The Bertz CT molecular complexity index is 356. The van der Waals surface area contributed by atoms with Gasteiger partial charge in [0.1, 0.15) is 11.5 Å². The van der Waals surface area contributed by atoms with E-state index in [2.05, 4.69) is 28.1 Å². The highest BCUT2D eigenvalue weighted by atomic mass is 79.9. The molecule has 0 aromatic heterocycles. The Kier molecular flexibility index (Phi) is 4.32. The molecule has 2 rings (SSSR count). The van der Waals surface area contributed by atoms with Crippen molar-refractivity contribution >= 4 is 15.9 Å². The van der Waals surface area contributed by atoms with Crippen LogP contribution in [-0.2, 0) is 0 Å². The summed E-state index contributed by atoms with van der Waals surface area (Å²) >= 11 is 3.73. The van der Waals surface area contributed by atoms with Gasteiger partial charge in [0.2, 0.25) is 0 Å². The van der Waals surface area contributed by atoms with Gasteiger partial charge in [0, 0.05) is 10.9 Å². The van der Waals surface area contributed by atoms with Crippen molar-refractivity contribution in [1.29, 1.82) is 0 Å². The highest BCUT2D eigenvalue weighted by molar-refractivity contribution is 9.09. The molecule has 2 nitrogen and oxygen atoms in total. The number of methoxy groups -OCH3 is 2. The highest BCUT2D eigenvalue weighted by Crippen LogP contribution is 2.38. The molecule has 2 unspecified atom stereocenters. The summed E-state index contributed by atoms with van der Waals surface area (Å²) in [5, 5.41) is 0. The first-order valence-electron chi connectivity index (χ1n) is 6.10. The molecule has 0 spiro atoms. The molecule has 0 amide bonds. The second-order valence-electron chi connectivity index (χ2n) is 4.61. The molecular formula is C14H19BrO2. The largest absolute Gasteiger partial charge is 0.497 e. The van der Waals surface area contributed by atoms with Crippen LogP contribution in [0.4, 0.5) is 0 Å². The SMILES string of the molecule is COc1cc(OC)cc(C2CCCC(Br)C2)c1. The first kappa shape index (κ1) is 12.7. The number of hydrogen-bond donors (Lipinski definition) is 0. The minimum atomic E-state index is 0.622. The lowest BCUT2D eigenvalue weighted by Gasteiger charge is -2.26. The molecule has 0 aliphatic heterocycles. The highest BCUT2D eigenvalue weighted by Gasteiger charge is 2.22. The molecule has 0 saturated heterocycles. The van der Waals surface area contributed by atoms with E-state index in [-0.39, 0.29) is 0 Å². The monoisotopic (exact) mass is 298 g/mol. The van der Waals surface area contributed by atoms with Crippen LogP contribution >= 0.6 is 15.9 Å². The minimum absolute atomic E-state index is 0.622. The summed E-state index contributed by atoms with van der Waals surface area (Å²) < 4.78 is 10.6. The van der Waals surface area contributed by atoms with Crippen molar-refractivity contribution in [2.75, 3.05) is 14.2 Å². The fourth-order valence-electron chi connectivity index (χ4n) is 2.50. The van der Waals surface area contributed by atoms with Crippen LogP contribution < -0.4 is 9.47 Å². The number of benzene rings is 1. The van der Waals surface area contributed by atoms with Gasteiger partial charge in [-0.3, -0.25) is 0 Å². The van der Waals surface area contributed by atoms with Crippen LogP contribution in [0.1, 0.15) is 37.2 Å². The molecule has 0 radical (unpaired) electrons. The lowest BCUT2D eigenvalue weighted by Crippen LogP contribution is -2.13. The van der Waals surface area contributed by atoms with E-state index in [0.717, 1.165) is 11.5 Å². The van der Waals surface area contributed by atoms with E-state index in [1.165, 1.54) is 31.2 Å². The standard InChI is InChI=1S/C14H19BrO2/c1-16-13-7-11(8-14(9-13)17-2)10-4-3-5-12(15)6-10/h7-10,12H,3-6H2,1-2H3. The number of ether oxygens (including phenoxy) is 2. The van der Waals surface area contributed by atoms with E-state index in [1.807, 2.05) is 6.07 Å². The van der Waals surface area contributed by atoms with Crippen LogP contribution in [0.2, 0.25) is 0 Å². The van der Waals surface area contributed by atoms with E-state index in [1.54, 1.807) is 14.2 Å². The molecule has 2 atom stereocenters. The molecule has 17 heavy (non-hydrogen) atoms. The summed E-state index contributed by atoms with van der Waals surface area (Å²) in [6, 6.07) is 6.20. The Morgan fingerprint density at radius 1 is 1.06 bits per heavy atom. The maximum absolute atomic E-state index is 5.32. The van der Waals surface area contributed by atoms with E-state index in [9.17, 15) is 0 Å². The van der Waals surface area contributed by atoms with E-state index in [0.29, 0.717) is 10.7 Å². The quantitative estimate of drug-likeness (QED) is 0.781. The summed E-state index contributed by atoms with van der Waals surface area (Å²) in [6.45, 7) is 0. The molecule has 3 heteroatoms. The smallest absolute Gasteiger partial charge is 0.122 e. The maximum Gasteiger partial charge on any atom is 0.122 e. The Labute approximate surface area is 111 Å². The van der Waals surface area contributed by atoms with Crippen molar-refractivity contribution in [2.45, 2.75) is 36.4 Å². The summed E-state index contributed by atoms with van der Waals surface area (Å²) in [6.07, 6.45) is 5.05. The molecule has 0 N–H and O–H groups in total. The Morgan fingerprint density at radius 2 is 1.71 bits per heavy atom. The first-order chi connectivity index (χ1) is 8.22. The van der Waals surface area contributed by atoms with Gasteiger partial charge in [0.15, 0.2) is 0 Å². The zero-order valence-electron chi connectivity index (χ0n) is 10.4. The third-order valence-electron chi connectivity index (χ3n) is 3.46. The topological polar surface area (TPSA) is 18.5 Å². The number of rotatable bonds is 3. The lowest BCUT2D eigenvalue weighted by atomic mass is 9.84. The van der Waals surface area contributed by atoms with Crippen molar-refractivity contribution in [3.8, 4) is 11.5 Å². The van der Waals surface area contributed by atoms with Gasteiger partial charge >= 0.3 is 0 Å². The molecular weight excluding hydrogens is 280 g/mol. The van der Waals surface area contributed by atoms with Gasteiger partial charge in [0.05, 0.1) is 14.2 Å². The molecule has 1 aliphatic rings. The third kappa shape index (κ3) is 3.15. The van der Waals surface area contributed by atoms with Gasteiger partial charge in [-0.25, -0.2) is 0 Å². The van der Waals surface area contributed by atoms with Crippen LogP contribution in [0.3, 0.4) is 0 Å². The van der Waals surface area contributed by atoms with Crippen LogP contribution in [0.15, 0.2) is 18.2 Å². The van der Waals surface area contributed by atoms with E-state index < -0.39 is 0 Å². The number of alkyl halides is 1. The van der Waals surface area contributed by atoms with Crippen molar-refractivity contribution in [2.24, 2.45) is 0 Å². The number of hydrogen-bond acceptors (Lipinski definition) is 2. The Balaban J connectivity index is 2.23. The zero-order valence-corrected chi connectivity index (χ0v) is 12.0. The second-order valence-corrected chi connectivity index (χ2v) is 5.90. The summed E-state index contributed by atoms with van der Waals surface area (Å²) in [7, 11) is 3.40. The zero-order chi connectivity index (χ0) is 12.3. The fourth-order valence-corrected chi connectivity index (χ4v) is 3.27. The molecule has 1 aliphatic carbocycles. The van der Waals surface area contributed by atoms with Crippen LogP contribution in [0.25, 0.3) is 0 Å². The van der Waals surface area contributed by atoms with Crippen LogP contribution in [-0.4, -0.2) is 19.0 Å².